The van der Waals surface area contributed by atoms with Crippen LogP contribution >= 0.6 is 0 Å². The van der Waals surface area contributed by atoms with Crippen LogP contribution < -0.4 is 0 Å². The lowest BCUT2D eigenvalue weighted by Gasteiger charge is -2.20. The van der Waals surface area contributed by atoms with Crippen LogP contribution in [0.3, 0.4) is 0 Å². The number of amides is 1. The first-order valence-electron chi connectivity index (χ1n) is 7.58. The average Bonchev–Trinajstić information content (AvgIpc) is 3.00. The molecule has 2 aromatic carbocycles. The van der Waals surface area contributed by atoms with E-state index < -0.39 is 9.84 Å². The quantitative estimate of drug-likeness (QED) is 0.734. The van der Waals surface area contributed by atoms with E-state index >= 15 is 0 Å². The number of fused-ring (bicyclic) bond motifs is 2. The summed E-state index contributed by atoms with van der Waals surface area (Å²) < 4.78 is 24.8. The largest absolute Gasteiger partial charge is 0.345 e. The first-order valence-corrected chi connectivity index (χ1v) is 9.23. The molecule has 0 aliphatic carbocycles. The second-order valence-electron chi connectivity index (χ2n) is 5.79. The molecule has 1 amide bonds. The van der Waals surface area contributed by atoms with E-state index in [1.54, 1.807) is 53.7 Å². The maximum absolute atomic E-state index is 12.8. The van der Waals surface area contributed by atoms with Crippen molar-refractivity contribution in [3.8, 4) is 0 Å². The zero-order chi connectivity index (χ0) is 16.7. The number of H-pyrrole nitrogens is 1. The zero-order valence-corrected chi connectivity index (χ0v) is 13.6. The molecule has 2 heterocycles. The molecule has 1 N–H and O–H groups in total. The monoisotopic (exact) mass is 341 g/mol. The topological polar surface area (TPSA) is 83.1 Å². The highest BCUT2D eigenvalue weighted by Gasteiger charge is 2.27. The van der Waals surface area contributed by atoms with Crippen molar-refractivity contribution >= 4 is 26.8 Å². The van der Waals surface area contributed by atoms with Crippen LogP contribution in [0.4, 0.5) is 0 Å². The highest BCUT2D eigenvalue weighted by atomic mass is 32.2. The van der Waals surface area contributed by atoms with E-state index in [0.717, 1.165) is 11.0 Å². The molecule has 7 heteroatoms. The van der Waals surface area contributed by atoms with Gasteiger partial charge in [-0.05, 0) is 29.8 Å². The van der Waals surface area contributed by atoms with Gasteiger partial charge in [0.1, 0.15) is 0 Å². The van der Waals surface area contributed by atoms with Crippen LogP contribution in [0.15, 0.2) is 53.7 Å². The van der Waals surface area contributed by atoms with Gasteiger partial charge in [0.05, 0.1) is 28.0 Å². The molecule has 1 aliphatic heterocycles. The molecular formula is C17H15N3O3S. The van der Waals surface area contributed by atoms with Gasteiger partial charge in [-0.15, -0.1) is 0 Å². The number of nitrogens with zero attached hydrogens (tertiary/aromatic N) is 2. The summed E-state index contributed by atoms with van der Waals surface area (Å²) in [6, 6.07) is 12.1. The third-order valence-corrected chi connectivity index (χ3v) is 6.04. The van der Waals surface area contributed by atoms with E-state index in [9.17, 15) is 13.2 Å². The van der Waals surface area contributed by atoms with Crippen molar-refractivity contribution in [2.75, 3.05) is 12.3 Å². The van der Waals surface area contributed by atoms with Crippen LogP contribution in [-0.4, -0.2) is 41.5 Å². The molecule has 1 aliphatic rings. The molecule has 4 rings (SSSR count). The van der Waals surface area contributed by atoms with Crippen molar-refractivity contribution in [2.45, 2.75) is 11.4 Å². The average molecular weight is 341 g/mol. The van der Waals surface area contributed by atoms with Gasteiger partial charge in [0.15, 0.2) is 9.84 Å². The maximum Gasteiger partial charge on any atom is 0.254 e. The third kappa shape index (κ3) is 2.46. The number of carbonyl (C=O) groups excluding carboxylic acids is 1. The van der Waals surface area contributed by atoms with E-state index in [2.05, 4.69) is 9.97 Å². The van der Waals surface area contributed by atoms with Gasteiger partial charge >= 0.3 is 0 Å². The number of rotatable bonds is 1. The predicted octanol–water partition coefficient (Wildman–Crippen LogP) is 1.99. The van der Waals surface area contributed by atoms with Crippen molar-refractivity contribution in [1.82, 2.24) is 14.9 Å². The fourth-order valence-corrected chi connectivity index (χ4v) is 4.49. The van der Waals surface area contributed by atoms with E-state index in [1.165, 1.54) is 0 Å². The summed E-state index contributed by atoms with van der Waals surface area (Å²) in [5.74, 6) is -0.249. The lowest BCUT2D eigenvalue weighted by Crippen LogP contribution is -2.32. The Kier molecular flexibility index (Phi) is 3.38. The fraction of sp³-hybridized carbons (Fsp3) is 0.176. The highest BCUT2D eigenvalue weighted by molar-refractivity contribution is 7.91. The van der Waals surface area contributed by atoms with Crippen LogP contribution in [0.1, 0.15) is 15.9 Å². The molecule has 6 nitrogen and oxygen atoms in total. The van der Waals surface area contributed by atoms with Crippen molar-refractivity contribution in [1.29, 1.82) is 0 Å². The van der Waals surface area contributed by atoms with Gasteiger partial charge < -0.3 is 9.88 Å². The number of hydrogen-bond donors (Lipinski definition) is 1. The van der Waals surface area contributed by atoms with Crippen LogP contribution in [0.2, 0.25) is 0 Å². The van der Waals surface area contributed by atoms with E-state index in [1.807, 2.05) is 0 Å². The van der Waals surface area contributed by atoms with Gasteiger partial charge in [0, 0.05) is 18.7 Å². The number of aromatic amines is 1. The first kappa shape index (κ1) is 14.9. The second kappa shape index (κ2) is 5.45. The van der Waals surface area contributed by atoms with Gasteiger partial charge in [-0.2, -0.15) is 0 Å². The van der Waals surface area contributed by atoms with Crippen molar-refractivity contribution < 1.29 is 13.2 Å². The summed E-state index contributed by atoms with van der Waals surface area (Å²) in [7, 11) is -3.36. The number of sulfone groups is 1. The number of imidazole rings is 1. The minimum Gasteiger partial charge on any atom is -0.345 e. The molecule has 0 fully saturated rings. The van der Waals surface area contributed by atoms with Crippen molar-refractivity contribution in [3.05, 3.63) is 59.9 Å². The van der Waals surface area contributed by atoms with Gasteiger partial charge in [0.2, 0.25) is 0 Å². The molecule has 122 valence electrons. The van der Waals surface area contributed by atoms with Gasteiger partial charge in [-0.3, -0.25) is 4.79 Å². The molecule has 1 aromatic heterocycles. The Balaban J connectivity index is 1.70. The number of aromatic nitrogens is 2. The van der Waals surface area contributed by atoms with E-state index in [-0.39, 0.29) is 24.7 Å². The van der Waals surface area contributed by atoms with Gasteiger partial charge in [0.25, 0.3) is 5.91 Å². The summed E-state index contributed by atoms with van der Waals surface area (Å²) in [6.07, 6.45) is 1.58. The molecule has 0 unspecified atom stereocenters. The summed E-state index contributed by atoms with van der Waals surface area (Å²) in [4.78, 5) is 21.9. The first-order chi connectivity index (χ1) is 11.5. The minimum atomic E-state index is -3.36. The predicted molar refractivity (Wildman–Crippen MR) is 89.3 cm³/mol. The third-order valence-electron chi connectivity index (χ3n) is 4.25. The van der Waals surface area contributed by atoms with E-state index in [0.29, 0.717) is 16.0 Å². The Morgan fingerprint density at radius 1 is 1.17 bits per heavy atom. The maximum atomic E-state index is 12.8. The molecule has 24 heavy (non-hydrogen) atoms. The Bertz CT molecular complexity index is 1040. The highest BCUT2D eigenvalue weighted by Crippen LogP contribution is 2.24. The molecule has 0 bridgehead atoms. The number of nitrogens with one attached hydrogen (secondary N) is 1. The zero-order valence-electron chi connectivity index (χ0n) is 12.8. The lowest BCUT2D eigenvalue weighted by molar-refractivity contribution is 0.0754. The molecule has 0 spiro atoms. The Morgan fingerprint density at radius 3 is 2.88 bits per heavy atom. The summed E-state index contributed by atoms with van der Waals surface area (Å²) in [6.45, 7) is 0.464. The number of hydrogen-bond acceptors (Lipinski definition) is 4. The number of benzene rings is 2. The lowest BCUT2D eigenvalue weighted by atomic mass is 10.1. The normalized spacial score (nSPS) is 16.6. The number of carbonyl (C=O) groups is 1. The Labute approximate surface area is 139 Å². The van der Waals surface area contributed by atoms with Crippen LogP contribution in [0.5, 0.6) is 0 Å². The van der Waals surface area contributed by atoms with Gasteiger partial charge in [-0.25, -0.2) is 13.4 Å². The minimum absolute atomic E-state index is 0.0674. The standard InChI is InChI=1S/C17H15N3O3S/c21-17(12-5-6-14-15(9-12)19-11-18-14)20-7-8-24(22,23)16-4-2-1-3-13(16)10-20/h1-6,9,11H,7-8,10H2,(H,18,19). The SMILES string of the molecule is O=C(c1ccc2nc[nH]c2c1)N1CCS(=O)(=O)c2ccccc2C1. The molecular weight excluding hydrogens is 326 g/mol. The van der Waals surface area contributed by atoms with Crippen LogP contribution in [0, 0.1) is 0 Å². The van der Waals surface area contributed by atoms with Gasteiger partial charge in [-0.1, -0.05) is 18.2 Å². The van der Waals surface area contributed by atoms with Crippen LogP contribution in [0.25, 0.3) is 11.0 Å². The second-order valence-corrected chi connectivity index (χ2v) is 7.87. The smallest absolute Gasteiger partial charge is 0.254 e. The Hall–Kier alpha value is -2.67. The molecule has 0 atom stereocenters. The Morgan fingerprint density at radius 2 is 2.00 bits per heavy atom. The summed E-state index contributed by atoms with van der Waals surface area (Å²) in [5, 5.41) is 0. The van der Waals surface area contributed by atoms with Crippen molar-refractivity contribution in [3.63, 3.8) is 0 Å². The van der Waals surface area contributed by atoms with Crippen LogP contribution in [-0.2, 0) is 16.4 Å². The molecule has 0 radical (unpaired) electrons. The van der Waals surface area contributed by atoms with Crippen molar-refractivity contribution in [2.24, 2.45) is 0 Å². The molecule has 0 saturated heterocycles. The summed E-state index contributed by atoms with van der Waals surface area (Å²) >= 11 is 0. The molecule has 0 saturated carbocycles. The fourth-order valence-electron chi connectivity index (χ4n) is 2.99. The van der Waals surface area contributed by atoms with E-state index in [4.69, 9.17) is 0 Å². The summed E-state index contributed by atoms with van der Waals surface area (Å²) in [5.41, 5.74) is 2.74. The molecule has 3 aromatic rings.